The standard InChI is InChI=1S/C12H16ClNO2/c1-8-11(13)9(4-2-3-5-14)6-10-12(8)16-7-15-10/h6H,2-5,7,14H2,1H3. The third kappa shape index (κ3) is 2.11. The van der Waals surface area contributed by atoms with E-state index in [1.54, 1.807) is 0 Å². The number of benzene rings is 1. The molecule has 0 aliphatic carbocycles. The predicted octanol–water partition coefficient (Wildman–Crippen LogP) is 2.66. The van der Waals surface area contributed by atoms with Crippen molar-refractivity contribution in [2.45, 2.75) is 26.2 Å². The largest absolute Gasteiger partial charge is 0.454 e. The lowest BCUT2D eigenvalue weighted by molar-refractivity contribution is 0.173. The van der Waals surface area contributed by atoms with Crippen molar-refractivity contribution >= 4 is 11.6 Å². The Kier molecular flexibility index (Phi) is 3.56. The van der Waals surface area contributed by atoms with Crippen molar-refractivity contribution < 1.29 is 9.47 Å². The van der Waals surface area contributed by atoms with Crippen LogP contribution in [0.3, 0.4) is 0 Å². The first-order chi connectivity index (χ1) is 7.74. The van der Waals surface area contributed by atoms with Gasteiger partial charge in [-0.05, 0) is 44.4 Å². The van der Waals surface area contributed by atoms with Gasteiger partial charge in [0, 0.05) is 5.56 Å². The summed E-state index contributed by atoms with van der Waals surface area (Å²) in [7, 11) is 0. The number of aryl methyl sites for hydroxylation is 1. The van der Waals surface area contributed by atoms with E-state index in [1.807, 2.05) is 13.0 Å². The van der Waals surface area contributed by atoms with Crippen LogP contribution in [0, 0.1) is 6.92 Å². The molecule has 3 nitrogen and oxygen atoms in total. The molecule has 0 bridgehead atoms. The average molecular weight is 242 g/mol. The Hall–Kier alpha value is -0.930. The van der Waals surface area contributed by atoms with Crippen LogP contribution < -0.4 is 15.2 Å². The second-order valence-electron chi connectivity index (χ2n) is 3.95. The van der Waals surface area contributed by atoms with Crippen molar-refractivity contribution in [2.75, 3.05) is 13.3 Å². The summed E-state index contributed by atoms with van der Waals surface area (Å²) >= 11 is 6.29. The Morgan fingerprint density at radius 3 is 2.94 bits per heavy atom. The molecule has 88 valence electrons. The highest BCUT2D eigenvalue weighted by molar-refractivity contribution is 6.32. The van der Waals surface area contributed by atoms with Gasteiger partial charge in [0.05, 0.1) is 5.02 Å². The minimum Gasteiger partial charge on any atom is -0.454 e. The van der Waals surface area contributed by atoms with Crippen LogP contribution in [0.1, 0.15) is 24.0 Å². The molecule has 2 rings (SSSR count). The summed E-state index contributed by atoms with van der Waals surface area (Å²) in [6.07, 6.45) is 3.01. The number of hydrogen-bond donors (Lipinski definition) is 1. The van der Waals surface area contributed by atoms with Crippen LogP contribution in [-0.2, 0) is 6.42 Å². The van der Waals surface area contributed by atoms with Crippen LogP contribution in [0.4, 0.5) is 0 Å². The summed E-state index contributed by atoms with van der Waals surface area (Å²) in [6.45, 7) is 2.97. The third-order valence-electron chi connectivity index (χ3n) is 2.80. The summed E-state index contributed by atoms with van der Waals surface area (Å²) in [6, 6.07) is 1.98. The zero-order valence-corrected chi connectivity index (χ0v) is 10.1. The van der Waals surface area contributed by atoms with Gasteiger partial charge in [-0.25, -0.2) is 0 Å². The molecular formula is C12H16ClNO2. The molecule has 16 heavy (non-hydrogen) atoms. The summed E-state index contributed by atoms with van der Waals surface area (Å²) in [5.74, 6) is 1.59. The predicted molar refractivity (Wildman–Crippen MR) is 64.3 cm³/mol. The highest BCUT2D eigenvalue weighted by Gasteiger charge is 2.20. The van der Waals surface area contributed by atoms with E-state index in [0.29, 0.717) is 6.79 Å². The maximum atomic E-state index is 6.29. The lowest BCUT2D eigenvalue weighted by Crippen LogP contribution is -1.99. The van der Waals surface area contributed by atoms with E-state index in [4.69, 9.17) is 26.8 Å². The van der Waals surface area contributed by atoms with Crippen molar-refractivity contribution in [2.24, 2.45) is 5.73 Å². The molecule has 4 heteroatoms. The van der Waals surface area contributed by atoms with E-state index in [1.165, 1.54) is 0 Å². The van der Waals surface area contributed by atoms with E-state index >= 15 is 0 Å². The van der Waals surface area contributed by atoms with Crippen molar-refractivity contribution in [3.8, 4) is 11.5 Å². The fourth-order valence-electron chi connectivity index (χ4n) is 1.89. The molecule has 1 aliphatic heterocycles. The normalized spacial score (nSPS) is 13.2. The molecule has 0 amide bonds. The molecule has 0 radical (unpaired) electrons. The van der Waals surface area contributed by atoms with Gasteiger partial charge < -0.3 is 15.2 Å². The van der Waals surface area contributed by atoms with Crippen molar-refractivity contribution in [1.29, 1.82) is 0 Å². The Bertz CT molecular complexity index is 393. The number of nitrogens with two attached hydrogens (primary N) is 1. The Balaban J connectivity index is 2.22. The van der Waals surface area contributed by atoms with Gasteiger partial charge in [-0.3, -0.25) is 0 Å². The molecule has 0 fully saturated rings. The number of halogens is 1. The number of ether oxygens (including phenoxy) is 2. The average Bonchev–Trinajstić information content (AvgIpc) is 2.73. The fourth-order valence-corrected chi connectivity index (χ4v) is 2.13. The van der Waals surface area contributed by atoms with Gasteiger partial charge in [0.15, 0.2) is 11.5 Å². The summed E-state index contributed by atoms with van der Waals surface area (Å²) in [4.78, 5) is 0. The lowest BCUT2D eigenvalue weighted by atomic mass is 10.0. The van der Waals surface area contributed by atoms with E-state index in [9.17, 15) is 0 Å². The first kappa shape index (κ1) is 11.6. The molecule has 0 aromatic heterocycles. The highest BCUT2D eigenvalue weighted by Crippen LogP contribution is 2.41. The van der Waals surface area contributed by atoms with Crippen LogP contribution in [0.15, 0.2) is 6.07 Å². The monoisotopic (exact) mass is 241 g/mol. The van der Waals surface area contributed by atoms with Crippen LogP contribution in [0.5, 0.6) is 11.5 Å². The summed E-state index contributed by atoms with van der Waals surface area (Å²) < 4.78 is 10.7. The number of hydrogen-bond acceptors (Lipinski definition) is 3. The number of fused-ring (bicyclic) bond motifs is 1. The van der Waals surface area contributed by atoms with Crippen LogP contribution in [-0.4, -0.2) is 13.3 Å². The van der Waals surface area contributed by atoms with E-state index < -0.39 is 0 Å². The molecule has 1 aliphatic rings. The number of unbranched alkanes of at least 4 members (excludes halogenated alkanes) is 1. The van der Waals surface area contributed by atoms with Crippen LogP contribution >= 0.6 is 11.6 Å². The molecule has 1 aromatic carbocycles. The van der Waals surface area contributed by atoms with Crippen LogP contribution in [0.25, 0.3) is 0 Å². The first-order valence-electron chi connectivity index (χ1n) is 5.51. The van der Waals surface area contributed by atoms with Crippen molar-refractivity contribution in [1.82, 2.24) is 0 Å². The maximum absolute atomic E-state index is 6.29. The van der Waals surface area contributed by atoms with Crippen molar-refractivity contribution in [3.05, 3.63) is 22.2 Å². The Morgan fingerprint density at radius 2 is 2.19 bits per heavy atom. The zero-order valence-electron chi connectivity index (χ0n) is 9.38. The molecule has 0 unspecified atom stereocenters. The molecule has 0 atom stereocenters. The summed E-state index contributed by atoms with van der Waals surface area (Å²) in [5, 5.41) is 0.793. The molecule has 1 aromatic rings. The van der Waals surface area contributed by atoms with E-state index in [2.05, 4.69) is 0 Å². The lowest BCUT2D eigenvalue weighted by Gasteiger charge is -2.09. The molecule has 0 spiro atoms. The second kappa shape index (κ2) is 4.93. The van der Waals surface area contributed by atoms with Gasteiger partial charge in [-0.2, -0.15) is 0 Å². The SMILES string of the molecule is Cc1c(Cl)c(CCCCN)cc2c1OCO2. The Labute approximate surface area is 100 Å². The fraction of sp³-hybridized carbons (Fsp3) is 0.500. The smallest absolute Gasteiger partial charge is 0.231 e. The second-order valence-corrected chi connectivity index (χ2v) is 4.33. The molecule has 0 saturated heterocycles. The van der Waals surface area contributed by atoms with Crippen LogP contribution in [0.2, 0.25) is 5.02 Å². The third-order valence-corrected chi connectivity index (χ3v) is 3.33. The number of rotatable bonds is 4. The van der Waals surface area contributed by atoms with Crippen molar-refractivity contribution in [3.63, 3.8) is 0 Å². The molecule has 2 N–H and O–H groups in total. The van der Waals surface area contributed by atoms with E-state index in [0.717, 1.165) is 53.5 Å². The van der Waals surface area contributed by atoms with Gasteiger partial charge in [0.25, 0.3) is 0 Å². The minimum absolute atomic E-state index is 0.290. The topological polar surface area (TPSA) is 44.5 Å². The van der Waals surface area contributed by atoms with Gasteiger partial charge in [-0.15, -0.1) is 0 Å². The van der Waals surface area contributed by atoms with Gasteiger partial charge in [0.1, 0.15) is 0 Å². The first-order valence-corrected chi connectivity index (χ1v) is 5.89. The van der Waals surface area contributed by atoms with Gasteiger partial charge >= 0.3 is 0 Å². The molecule has 1 heterocycles. The van der Waals surface area contributed by atoms with E-state index in [-0.39, 0.29) is 0 Å². The van der Waals surface area contributed by atoms with Gasteiger partial charge in [-0.1, -0.05) is 11.6 Å². The Morgan fingerprint density at radius 1 is 1.38 bits per heavy atom. The zero-order chi connectivity index (χ0) is 11.5. The maximum Gasteiger partial charge on any atom is 0.231 e. The quantitative estimate of drug-likeness (QED) is 0.825. The molecule has 0 saturated carbocycles. The minimum atomic E-state index is 0.290. The van der Waals surface area contributed by atoms with Gasteiger partial charge in [0.2, 0.25) is 6.79 Å². The summed E-state index contributed by atoms with van der Waals surface area (Å²) in [5.41, 5.74) is 7.57. The molecular weight excluding hydrogens is 226 g/mol. The highest BCUT2D eigenvalue weighted by atomic mass is 35.5.